The van der Waals surface area contributed by atoms with E-state index in [0.717, 1.165) is 0 Å². The molecule has 2 N–H and O–H groups in total. The number of hydrogen-bond acceptors (Lipinski definition) is 3. The lowest BCUT2D eigenvalue weighted by molar-refractivity contribution is -0.120. The summed E-state index contributed by atoms with van der Waals surface area (Å²) in [5.41, 5.74) is 0. The minimum absolute atomic E-state index is 0.158. The first kappa shape index (κ1) is 13.7. The first-order valence-electron chi connectivity index (χ1n) is 5.01. The zero-order valence-electron chi connectivity index (χ0n) is 9.16. The third-order valence-corrected chi connectivity index (χ3v) is 2.86. The Hall–Kier alpha value is -1.33. The molecule has 6 heteroatoms. The van der Waals surface area contributed by atoms with Crippen molar-refractivity contribution in [2.75, 3.05) is 13.1 Å². The highest BCUT2D eigenvalue weighted by atomic mass is 35.5. The lowest BCUT2D eigenvalue weighted by Crippen LogP contribution is -2.30. The maximum Gasteiger partial charge on any atom is 0.261 e. The van der Waals surface area contributed by atoms with Gasteiger partial charge in [-0.2, -0.15) is 0 Å². The van der Waals surface area contributed by atoms with Gasteiger partial charge in [-0.1, -0.05) is 24.2 Å². The summed E-state index contributed by atoms with van der Waals surface area (Å²) in [6, 6.07) is 3.54. The zero-order valence-corrected chi connectivity index (χ0v) is 10.7. The van der Waals surface area contributed by atoms with Gasteiger partial charge in [0.2, 0.25) is 5.91 Å². The minimum atomic E-state index is -0.168. The molecule has 0 saturated heterocycles. The Morgan fingerprint density at radius 3 is 2.76 bits per heavy atom. The molecule has 0 fully saturated rings. The lowest BCUT2D eigenvalue weighted by atomic mass is 10.3. The molecule has 1 heterocycles. The van der Waals surface area contributed by atoms with Gasteiger partial charge in [-0.15, -0.1) is 11.3 Å². The predicted octanol–water partition coefficient (Wildman–Crippen LogP) is 1.74. The Labute approximate surface area is 109 Å². The SMILES string of the molecule is C=C(Cl)CNC(=O)CCNC(=O)c1cccs1. The van der Waals surface area contributed by atoms with E-state index in [-0.39, 0.29) is 24.8 Å². The summed E-state index contributed by atoms with van der Waals surface area (Å²) in [7, 11) is 0. The largest absolute Gasteiger partial charge is 0.351 e. The van der Waals surface area contributed by atoms with Crippen LogP contribution in [0.15, 0.2) is 29.1 Å². The summed E-state index contributed by atoms with van der Waals surface area (Å²) >= 11 is 6.86. The highest BCUT2D eigenvalue weighted by Crippen LogP contribution is 2.07. The van der Waals surface area contributed by atoms with E-state index in [9.17, 15) is 9.59 Å². The van der Waals surface area contributed by atoms with Crippen molar-refractivity contribution in [3.63, 3.8) is 0 Å². The van der Waals surface area contributed by atoms with Gasteiger partial charge in [0, 0.05) is 18.0 Å². The number of rotatable bonds is 6. The van der Waals surface area contributed by atoms with Crippen LogP contribution < -0.4 is 10.6 Å². The lowest BCUT2D eigenvalue weighted by Gasteiger charge is -2.04. The first-order valence-corrected chi connectivity index (χ1v) is 6.27. The monoisotopic (exact) mass is 272 g/mol. The van der Waals surface area contributed by atoms with Crippen LogP contribution in [-0.2, 0) is 4.79 Å². The number of carbonyl (C=O) groups is 2. The molecule has 0 unspecified atom stereocenters. The van der Waals surface area contributed by atoms with Gasteiger partial charge in [0.05, 0.1) is 11.4 Å². The summed E-state index contributed by atoms with van der Waals surface area (Å²) in [5.74, 6) is -0.326. The molecule has 0 saturated carbocycles. The molecule has 92 valence electrons. The van der Waals surface area contributed by atoms with E-state index in [1.165, 1.54) is 11.3 Å². The molecule has 0 aliphatic rings. The minimum Gasteiger partial charge on any atom is -0.351 e. The molecule has 0 aliphatic carbocycles. The van der Waals surface area contributed by atoms with Gasteiger partial charge in [0.15, 0.2) is 0 Å². The average Bonchev–Trinajstić information content (AvgIpc) is 2.79. The smallest absolute Gasteiger partial charge is 0.261 e. The second-order valence-electron chi connectivity index (χ2n) is 3.28. The maximum absolute atomic E-state index is 11.5. The second kappa shape index (κ2) is 7.09. The van der Waals surface area contributed by atoms with Crippen LogP contribution in [0.2, 0.25) is 0 Å². The third-order valence-electron chi connectivity index (χ3n) is 1.86. The molecular weight excluding hydrogens is 260 g/mol. The Morgan fingerprint density at radius 2 is 2.18 bits per heavy atom. The molecule has 4 nitrogen and oxygen atoms in total. The van der Waals surface area contributed by atoms with E-state index in [2.05, 4.69) is 17.2 Å². The molecule has 0 radical (unpaired) electrons. The number of nitrogens with one attached hydrogen (secondary N) is 2. The van der Waals surface area contributed by atoms with Crippen LogP contribution in [0.3, 0.4) is 0 Å². The summed E-state index contributed by atoms with van der Waals surface area (Å²) in [6.45, 7) is 4.00. The van der Waals surface area contributed by atoms with Gasteiger partial charge in [-0.3, -0.25) is 9.59 Å². The van der Waals surface area contributed by atoms with Crippen LogP contribution in [0.4, 0.5) is 0 Å². The molecule has 0 aliphatic heterocycles. The quantitative estimate of drug-likeness (QED) is 0.829. The van der Waals surface area contributed by atoms with Crippen molar-refractivity contribution in [2.24, 2.45) is 0 Å². The van der Waals surface area contributed by atoms with Gasteiger partial charge in [0.1, 0.15) is 0 Å². The number of amides is 2. The number of thiophene rings is 1. The van der Waals surface area contributed by atoms with Crippen LogP contribution >= 0.6 is 22.9 Å². The molecule has 0 atom stereocenters. The number of hydrogen-bond donors (Lipinski definition) is 2. The molecule has 1 aromatic rings. The van der Waals surface area contributed by atoms with Gasteiger partial charge in [0.25, 0.3) is 5.91 Å². The predicted molar refractivity (Wildman–Crippen MR) is 69.3 cm³/mol. The van der Waals surface area contributed by atoms with Crippen LogP contribution in [0.1, 0.15) is 16.1 Å². The first-order chi connectivity index (χ1) is 8.09. The van der Waals surface area contributed by atoms with Gasteiger partial charge >= 0.3 is 0 Å². The Bertz CT molecular complexity index is 404. The summed E-state index contributed by atoms with van der Waals surface area (Å²) in [5, 5.41) is 7.43. The zero-order chi connectivity index (χ0) is 12.7. The maximum atomic E-state index is 11.5. The van der Waals surface area contributed by atoms with Crippen molar-refractivity contribution in [2.45, 2.75) is 6.42 Å². The van der Waals surface area contributed by atoms with E-state index in [0.29, 0.717) is 16.5 Å². The van der Waals surface area contributed by atoms with Crippen molar-refractivity contribution in [3.05, 3.63) is 34.0 Å². The number of carbonyl (C=O) groups excluding carboxylic acids is 2. The summed E-state index contributed by atoms with van der Waals surface area (Å²) in [4.78, 5) is 23.4. The topological polar surface area (TPSA) is 58.2 Å². The van der Waals surface area contributed by atoms with Crippen molar-refractivity contribution >= 4 is 34.8 Å². The van der Waals surface area contributed by atoms with Crippen LogP contribution in [0.25, 0.3) is 0 Å². The van der Waals surface area contributed by atoms with Crippen molar-refractivity contribution in [1.29, 1.82) is 0 Å². The molecule has 0 spiro atoms. The van der Waals surface area contributed by atoms with Crippen molar-refractivity contribution in [1.82, 2.24) is 10.6 Å². The van der Waals surface area contributed by atoms with Crippen LogP contribution in [0, 0.1) is 0 Å². The Balaban J connectivity index is 2.17. The fourth-order valence-electron chi connectivity index (χ4n) is 1.07. The van der Waals surface area contributed by atoms with E-state index >= 15 is 0 Å². The van der Waals surface area contributed by atoms with E-state index in [4.69, 9.17) is 11.6 Å². The van der Waals surface area contributed by atoms with Crippen molar-refractivity contribution < 1.29 is 9.59 Å². The van der Waals surface area contributed by atoms with Gasteiger partial charge in [-0.25, -0.2) is 0 Å². The van der Waals surface area contributed by atoms with E-state index < -0.39 is 0 Å². The molecular formula is C11H13ClN2O2S. The standard InChI is InChI=1S/C11H13ClN2O2S/c1-8(12)7-14-10(15)4-5-13-11(16)9-3-2-6-17-9/h2-3,6H,1,4-5,7H2,(H,13,16)(H,14,15). The normalized spacial score (nSPS) is 9.71. The van der Waals surface area contributed by atoms with Crippen LogP contribution in [-0.4, -0.2) is 24.9 Å². The molecule has 2 amide bonds. The highest BCUT2D eigenvalue weighted by Gasteiger charge is 2.06. The average molecular weight is 273 g/mol. The van der Waals surface area contributed by atoms with Gasteiger partial charge in [-0.05, 0) is 11.4 Å². The van der Waals surface area contributed by atoms with Crippen LogP contribution in [0.5, 0.6) is 0 Å². The van der Waals surface area contributed by atoms with Gasteiger partial charge < -0.3 is 10.6 Å². The molecule has 0 bridgehead atoms. The Kier molecular flexibility index (Phi) is 5.72. The third kappa shape index (κ3) is 5.51. The Morgan fingerprint density at radius 1 is 1.41 bits per heavy atom. The highest BCUT2D eigenvalue weighted by molar-refractivity contribution is 7.12. The van der Waals surface area contributed by atoms with E-state index in [1.54, 1.807) is 12.1 Å². The molecule has 1 aromatic heterocycles. The van der Waals surface area contributed by atoms with Crippen molar-refractivity contribution in [3.8, 4) is 0 Å². The van der Waals surface area contributed by atoms with E-state index in [1.807, 2.05) is 5.38 Å². The fourth-order valence-corrected chi connectivity index (χ4v) is 1.77. The summed E-state index contributed by atoms with van der Waals surface area (Å²) in [6.07, 6.45) is 0.223. The molecule has 0 aromatic carbocycles. The molecule has 17 heavy (non-hydrogen) atoms. The summed E-state index contributed by atoms with van der Waals surface area (Å²) < 4.78 is 0. The second-order valence-corrected chi connectivity index (χ2v) is 4.76. The molecule has 1 rings (SSSR count). The number of halogens is 1. The fraction of sp³-hybridized carbons (Fsp3) is 0.273.